The molecule has 45 heavy (non-hydrogen) atoms. The van der Waals surface area contributed by atoms with Crippen molar-refractivity contribution in [3.8, 4) is 33.9 Å². The van der Waals surface area contributed by atoms with Crippen molar-refractivity contribution in [2.45, 2.75) is 32.6 Å². The zero-order valence-electron chi connectivity index (χ0n) is 25.2. The smallest absolute Gasteiger partial charge is 0.165 e. The second kappa shape index (κ2) is 12.6. The largest absolute Gasteiger partial charge is 0.458 e. The lowest BCUT2D eigenvalue weighted by atomic mass is 9.95. The third-order valence-electron chi connectivity index (χ3n) is 8.04. The van der Waals surface area contributed by atoms with Crippen LogP contribution in [0.25, 0.3) is 62.6 Å². The van der Waals surface area contributed by atoms with Gasteiger partial charge in [-0.05, 0) is 67.7 Å². The predicted molar refractivity (Wildman–Crippen MR) is 183 cm³/mol. The maximum atomic E-state index is 6.47. The van der Waals surface area contributed by atoms with Gasteiger partial charge in [0.25, 0.3) is 0 Å². The summed E-state index contributed by atoms with van der Waals surface area (Å²) < 4.78 is 12.9. The Hall–Kier alpha value is -5.55. The number of aromatic nitrogens is 3. The van der Waals surface area contributed by atoms with Gasteiger partial charge < -0.3 is 8.83 Å². The monoisotopic (exact) mass is 587 g/mol. The zero-order chi connectivity index (χ0) is 30.6. The number of hydrogen-bond donors (Lipinski definition) is 0. The van der Waals surface area contributed by atoms with E-state index >= 15 is 0 Å². The van der Waals surface area contributed by atoms with Crippen LogP contribution in [0, 0.1) is 0 Å². The Labute approximate surface area is 263 Å². The average molecular weight is 588 g/mol. The van der Waals surface area contributed by atoms with E-state index < -0.39 is 0 Å². The highest BCUT2D eigenvalue weighted by atomic mass is 16.4. The van der Waals surface area contributed by atoms with Crippen molar-refractivity contribution in [3.63, 3.8) is 0 Å². The first-order valence-corrected chi connectivity index (χ1v) is 15.4. The fourth-order valence-electron chi connectivity index (χ4n) is 5.73. The van der Waals surface area contributed by atoms with Gasteiger partial charge in [-0.15, -0.1) is 0 Å². The van der Waals surface area contributed by atoms with Gasteiger partial charge in [0.1, 0.15) is 17.1 Å². The van der Waals surface area contributed by atoms with Crippen molar-refractivity contribution in [2.75, 3.05) is 0 Å². The molecule has 2 aliphatic carbocycles. The number of fused-ring (bicyclic) bond motifs is 4. The number of rotatable bonds is 6. The number of benzene rings is 3. The van der Waals surface area contributed by atoms with Crippen molar-refractivity contribution < 1.29 is 8.83 Å². The molecule has 0 fully saturated rings. The molecule has 0 aliphatic heterocycles. The van der Waals surface area contributed by atoms with Crippen molar-refractivity contribution in [3.05, 3.63) is 145 Å². The van der Waals surface area contributed by atoms with Gasteiger partial charge in [0.2, 0.25) is 0 Å². The summed E-state index contributed by atoms with van der Waals surface area (Å²) in [6.45, 7) is 5.99. The first-order valence-electron chi connectivity index (χ1n) is 15.4. The Kier molecular flexibility index (Phi) is 7.90. The first kappa shape index (κ1) is 28.2. The molecular weight excluding hydrogens is 554 g/mol. The van der Waals surface area contributed by atoms with E-state index in [9.17, 15) is 0 Å². The second-order valence-electron chi connectivity index (χ2n) is 11.0. The number of nitrogens with zero attached hydrogens (tertiary/aromatic N) is 3. The van der Waals surface area contributed by atoms with E-state index in [2.05, 4.69) is 61.2 Å². The van der Waals surface area contributed by atoms with Gasteiger partial charge in [-0.25, -0.2) is 15.0 Å². The summed E-state index contributed by atoms with van der Waals surface area (Å²) in [6.07, 6.45) is 19.8. The lowest BCUT2D eigenvalue weighted by Crippen LogP contribution is -2.02. The summed E-state index contributed by atoms with van der Waals surface area (Å²) >= 11 is 0. The third-order valence-corrected chi connectivity index (χ3v) is 8.04. The van der Waals surface area contributed by atoms with Crippen LogP contribution in [-0.4, -0.2) is 15.0 Å². The van der Waals surface area contributed by atoms with Crippen LogP contribution < -0.4 is 0 Å². The van der Waals surface area contributed by atoms with E-state index in [0.717, 1.165) is 81.8 Å². The summed E-state index contributed by atoms with van der Waals surface area (Å²) in [4.78, 5) is 14.7. The van der Waals surface area contributed by atoms with Crippen LogP contribution in [-0.2, 0) is 12.8 Å². The summed E-state index contributed by atoms with van der Waals surface area (Å²) in [5, 5.41) is 1.06. The SMILES string of the molecule is C=C/C(=C\C=C/C)c1nc(-c2ccccc2)nc(-c2cccc(-c3ccc4oc5c(oc6c(c4c3)CCC=C6)CCC=C5)c2)n1. The van der Waals surface area contributed by atoms with Crippen LogP contribution >= 0.6 is 0 Å². The fraction of sp³-hybridized carbons (Fsp3) is 0.125. The molecule has 7 rings (SSSR count). The van der Waals surface area contributed by atoms with Gasteiger partial charge in [0, 0.05) is 34.1 Å². The van der Waals surface area contributed by atoms with Crippen molar-refractivity contribution >= 4 is 28.7 Å². The van der Waals surface area contributed by atoms with Crippen molar-refractivity contribution in [2.24, 2.45) is 0 Å². The molecule has 0 saturated carbocycles. The lowest BCUT2D eigenvalue weighted by molar-refractivity contribution is 0.442. The molecule has 5 heteroatoms. The Morgan fingerprint density at radius 3 is 2.29 bits per heavy atom. The van der Waals surface area contributed by atoms with Gasteiger partial charge in [-0.3, -0.25) is 0 Å². The van der Waals surface area contributed by atoms with E-state index in [1.165, 1.54) is 5.56 Å². The Balaban J connectivity index is 1.37. The number of allylic oxidation sites excluding steroid dienone is 7. The van der Waals surface area contributed by atoms with E-state index in [0.29, 0.717) is 17.5 Å². The number of hydrogen-bond acceptors (Lipinski definition) is 5. The predicted octanol–water partition coefficient (Wildman–Crippen LogP) is 10.4. The molecule has 2 aliphatic rings. The molecule has 0 N–H and O–H groups in total. The second-order valence-corrected chi connectivity index (χ2v) is 11.0. The standard InChI is InChI=1S/C40H33N3O2/c1-3-5-14-27(4-2)38-41-39(28-15-7-6-8-16-28)43-40(42-38)31-18-13-17-29(25-31)30-23-24-35-33(26-30)32-19-9-10-20-34(32)44-36-21-11-12-22-37(36)45-35/h3-8,10,12-18,20,22-26H,2,9,11,19,21H2,1H3/b5-3-,27-14+. The molecule has 0 spiro atoms. The summed E-state index contributed by atoms with van der Waals surface area (Å²) in [6, 6.07) is 24.8. The molecule has 0 amide bonds. The van der Waals surface area contributed by atoms with E-state index in [4.69, 9.17) is 23.8 Å². The highest BCUT2D eigenvalue weighted by Crippen LogP contribution is 2.34. The highest BCUT2D eigenvalue weighted by molar-refractivity contribution is 5.88. The molecule has 5 nitrogen and oxygen atoms in total. The zero-order valence-corrected chi connectivity index (χ0v) is 25.2. The van der Waals surface area contributed by atoms with Crippen molar-refractivity contribution in [1.29, 1.82) is 0 Å². The fourth-order valence-corrected chi connectivity index (χ4v) is 5.73. The topological polar surface area (TPSA) is 65.0 Å². The molecule has 0 radical (unpaired) electrons. The molecule has 0 bridgehead atoms. The first-order chi connectivity index (χ1) is 22.2. The van der Waals surface area contributed by atoms with E-state index in [1.807, 2.05) is 67.6 Å². The van der Waals surface area contributed by atoms with Crippen LogP contribution in [0.1, 0.15) is 48.4 Å². The van der Waals surface area contributed by atoms with Gasteiger partial charge in [0.05, 0.1) is 0 Å². The van der Waals surface area contributed by atoms with E-state index in [1.54, 1.807) is 6.08 Å². The summed E-state index contributed by atoms with van der Waals surface area (Å²) in [7, 11) is 0. The summed E-state index contributed by atoms with van der Waals surface area (Å²) in [5.41, 5.74) is 6.80. The minimum Gasteiger partial charge on any atom is -0.458 e. The lowest BCUT2D eigenvalue weighted by Gasteiger charge is -2.15. The Morgan fingerprint density at radius 1 is 0.733 bits per heavy atom. The molecule has 5 aromatic rings. The van der Waals surface area contributed by atoms with Crippen LogP contribution in [0.15, 0.2) is 125 Å². The molecule has 0 saturated heterocycles. The normalized spacial score (nSPS) is 13.9. The Morgan fingerprint density at radius 2 is 1.47 bits per heavy atom. The van der Waals surface area contributed by atoms with Crippen LogP contribution in [0.4, 0.5) is 0 Å². The Bertz CT molecular complexity index is 2090. The average Bonchev–Trinajstić information content (AvgIpc) is 3.09. The molecule has 0 atom stereocenters. The highest BCUT2D eigenvalue weighted by Gasteiger charge is 2.17. The van der Waals surface area contributed by atoms with Crippen LogP contribution in [0.2, 0.25) is 0 Å². The van der Waals surface area contributed by atoms with Crippen molar-refractivity contribution in [1.82, 2.24) is 15.0 Å². The molecule has 3 aromatic carbocycles. The molecule has 0 unspecified atom stereocenters. The quantitative estimate of drug-likeness (QED) is 0.185. The number of aryl methyl sites for hydroxylation is 2. The van der Waals surface area contributed by atoms with Gasteiger partial charge in [-0.1, -0.05) is 97.6 Å². The third kappa shape index (κ3) is 5.85. The molecule has 2 aromatic heterocycles. The maximum Gasteiger partial charge on any atom is 0.165 e. The molecule has 2 heterocycles. The van der Waals surface area contributed by atoms with Gasteiger partial charge in [0.15, 0.2) is 23.2 Å². The van der Waals surface area contributed by atoms with Gasteiger partial charge in [-0.2, -0.15) is 0 Å². The van der Waals surface area contributed by atoms with Crippen LogP contribution in [0.5, 0.6) is 0 Å². The van der Waals surface area contributed by atoms with E-state index in [-0.39, 0.29) is 0 Å². The maximum absolute atomic E-state index is 6.47. The van der Waals surface area contributed by atoms with Gasteiger partial charge >= 0.3 is 0 Å². The minimum atomic E-state index is 0.575. The molecular formula is C40H33N3O2. The van der Waals surface area contributed by atoms with Crippen LogP contribution in [0.3, 0.4) is 0 Å². The minimum absolute atomic E-state index is 0.575. The summed E-state index contributed by atoms with van der Waals surface area (Å²) in [5.74, 6) is 4.38. The molecule has 220 valence electrons.